The van der Waals surface area contributed by atoms with E-state index in [-0.39, 0.29) is 11.5 Å². The molecule has 1 aliphatic heterocycles. The number of hydrogen-bond acceptors (Lipinski definition) is 5. The lowest BCUT2D eigenvalue weighted by Gasteiger charge is -2.01. The van der Waals surface area contributed by atoms with Gasteiger partial charge < -0.3 is 9.78 Å². The van der Waals surface area contributed by atoms with Crippen LogP contribution in [0.15, 0.2) is 24.3 Å². The summed E-state index contributed by atoms with van der Waals surface area (Å²) in [7, 11) is -4.26. The highest BCUT2D eigenvalue weighted by molar-refractivity contribution is 7.47. The number of hydrogen-bond donors (Lipinski definition) is 1. The number of fused-ring (bicyclic) bond motifs is 1. The van der Waals surface area contributed by atoms with Gasteiger partial charge in [0.05, 0.1) is 0 Å². The zero-order valence-corrected chi connectivity index (χ0v) is 7.14. The lowest BCUT2D eigenvalue weighted by Crippen LogP contribution is -1.95. The maximum absolute atomic E-state index is 10.8. The van der Waals surface area contributed by atoms with Crippen molar-refractivity contribution in [2.45, 2.75) is 0 Å². The Morgan fingerprint density at radius 2 is 1.54 bits per heavy atom. The van der Waals surface area contributed by atoms with Crippen molar-refractivity contribution in [3.63, 3.8) is 0 Å². The number of phosphoric acid groups is 1. The smallest absolute Gasteiger partial charge is 0.323 e. The quantitative estimate of drug-likeness (QED) is 0.508. The third-order valence-electron chi connectivity index (χ3n) is 1.29. The van der Waals surface area contributed by atoms with Crippen LogP contribution in [-0.4, -0.2) is 4.89 Å². The standard InChI is InChI=1S/C6H5O6P/c7-13(8)11-9-5-3-1-2-4-6(5)10-12-13/h1-4H,(H,7,8). The van der Waals surface area contributed by atoms with Crippen LogP contribution in [0.1, 0.15) is 0 Å². The molecule has 0 aliphatic carbocycles. The van der Waals surface area contributed by atoms with E-state index in [1.807, 2.05) is 0 Å². The summed E-state index contributed by atoms with van der Waals surface area (Å²) in [5.41, 5.74) is 0. The molecule has 0 aromatic heterocycles. The minimum atomic E-state index is -4.26. The first-order valence-corrected chi connectivity index (χ1v) is 4.81. The molecule has 1 N–H and O–H groups in total. The van der Waals surface area contributed by atoms with Crippen LogP contribution in [-0.2, 0) is 13.9 Å². The number of rotatable bonds is 0. The summed E-state index contributed by atoms with van der Waals surface area (Å²) in [6, 6.07) is 6.31. The number of benzene rings is 1. The molecule has 0 amide bonds. The van der Waals surface area contributed by atoms with Crippen LogP contribution < -0.4 is 9.78 Å². The summed E-state index contributed by atoms with van der Waals surface area (Å²) in [6.45, 7) is 0. The maximum atomic E-state index is 10.8. The molecular formula is C6H5O6P. The normalized spacial score (nSPS) is 19.2. The molecule has 0 spiro atoms. The average Bonchev–Trinajstić information content (AvgIpc) is 2.27. The first kappa shape index (κ1) is 8.52. The monoisotopic (exact) mass is 204 g/mol. The zero-order chi connectivity index (χ0) is 9.31. The van der Waals surface area contributed by atoms with Crippen molar-refractivity contribution in [3.8, 4) is 11.5 Å². The van der Waals surface area contributed by atoms with E-state index in [0.29, 0.717) is 0 Å². The highest BCUT2D eigenvalue weighted by Gasteiger charge is 2.30. The molecule has 0 saturated heterocycles. The lowest BCUT2D eigenvalue weighted by atomic mass is 10.3. The topological polar surface area (TPSA) is 74.2 Å². The molecule has 1 aromatic rings. The molecule has 0 saturated carbocycles. The SMILES string of the molecule is O=P1(O)OOc2ccccc2OO1. The van der Waals surface area contributed by atoms with Crippen LogP contribution in [0.3, 0.4) is 0 Å². The first-order chi connectivity index (χ1) is 6.17. The van der Waals surface area contributed by atoms with Crippen molar-refractivity contribution in [2.24, 2.45) is 0 Å². The second-order valence-corrected chi connectivity index (χ2v) is 3.47. The Morgan fingerprint density at radius 1 is 1.08 bits per heavy atom. The van der Waals surface area contributed by atoms with Gasteiger partial charge in [-0.2, -0.15) is 0 Å². The van der Waals surface area contributed by atoms with Gasteiger partial charge in [-0.1, -0.05) is 21.5 Å². The van der Waals surface area contributed by atoms with E-state index in [0.717, 1.165) is 0 Å². The maximum Gasteiger partial charge on any atom is 0.544 e. The minimum absolute atomic E-state index is 0.175. The molecule has 0 bridgehead atoms. The van der Waals surface area contributed by atoms with Crippen LogP contribution in [0, 0.1) is 0 Å². The molecule has 0 radical (unpaired) electrons. The minimum Gasteiger partial charge on any atom is -0.323 e. The van der Waals surface area contributed by atoms with Crippen LogP contribution in [0.2, 0.25) is 0 Å². The predicted octanol–water partition coefficient (Wildman–Crippen LogP) is 1.42. The van der Waals surface area contributed by atoms with Crippen LogP contribution in [0.25, 0.3) is 0 Å². The molecular weight excluding hydrogens is 199 g/mol. The van der Waals surface area contributed by atoms with Crippen molar-refractivity contribution < 1.29 is 28.6 Å². The van der Waals surface area contributed by atoms with Crippen LogP contribution >= 0.6 is 7.82 Å². The summed E-state index contributed by atoms with van der Waals surface area (Å²) in [6.07, 6.45) is 0. The van der Waals surface area contributed by atoms with Gasteiger partial charge in [0.25, 0.3) is 0 Å². The summed E-state index contributed by atoms with van der Waals surface area (Å²) in [4.78, 5) is 17.8. The summed E-state index contributed by atoms with van der Waals surface area (Å²) in [5.74, 6) is 0.351. The van der Waals surface area contributed by atoms with Gasteiger partial charge in [-0.25, -0.2) is 4.57 Å². The third-order valence-corrected chi connectivity index (χ3v) is 1.82. The van der Waals surface area contributed by atoms with Crippen molar-refractivity contribution in [2.75, 3.05) is 0 Å². The molecule has 7 heteroatoms. The zero-order valence-electron chi connectivity index (χ0n) is 6.25. The molecule has 13 heavy (non-hydrogen) atoms. The predicted molar refractivity (Wildman–Crippen MR) is 39.7 cm³/mol. The summed E-state index contributed by atoms with van der Waals surface area (Å²) < 4.78 is 18.9. The Bertz CT molecular complexity index is 333. The lowest BCUT2D eigenvalue weighted by molar-refractivity contribution is -0.164. The molecule has 1 aliphatic rings. The molecule has 2 rings (SSSR count). The van der Waals surface area contributed by atoms with Crippen molar-refractivity contribution in [1.82, 2.24) is 0 Å². The Hall–Kier alpha value is -1.07. The van der Waals surface area contributed by atoms with Gasteiger partial charge in [-0.15, -0.1) is 0 Å². The Labute approximate surface area is 73.1 Å². The second-order valence-electron chi connectivity index (χ2n) is 2.23. The second kappa shape index (κ2) is 3.01. The Morgan fingerprint density at radius 3 is 2.00 bits per heavy atom. The largest absolute Gasteiger partial charge is 0.544 e. The molecule has 0 fully saturated rings. The van der Waals surface area contributed by atoms with E-state index >= 15 is 0 Å². The van der Waals surface area contributed by atoms with Gasteiger partial charge in [-0.05, 0) is 12.1 Å². The third kappa shape index (κ3) is 1.81. The van der Waals surface area contributed by atoms with Crippen molar-refractivity contribution >= 4 is 7.82 Å². The van der Waals surface area contributed by atoms with E-state index in [2.05, 4.69) is 19.1 Å². The van der Waals surface area contributed by atoms with E-state index in [1.54, 1.807) is 12.1 Å². The van der Waals surface area contributed by atoms with Gasteiger partial charge in [0.2, 0.25) is 11.5 Å². The van der Waals surface area contributed by atoms with Gasteiger partial charge in [0.1, 0.15) is 0 Å². The van der Waals surface area contributed by atoms with Gasteiger partial charge in [-0.3, -0.25) is 4.89 Å². The fourth-order valence-corrected chi connectivity index (χ4v) is 1.15. The van der Waals surface area contributed by atoms with Crippen LogP contribution in [0.4, 0.5) is 0 Å². The summed E-state index contributed by atoms with van der Waals surface area (Å²) in [5, 5.41) is 0. The Kier molecular flexibility index (Phi) is 1.97. The average molecular weight is 204 g/mol. The molecule has 6 nitrogen and oxygen atoms in total. The van der Waals surface area contributed by atoms with E-state index in [9.17, 15) is 4.57 Å². The van der Waals surface area contributed by atoms with Crippen LogP contribution in [0.5, 0.6) is 11.5 Å². The fraction of sp³-hybridized carbons (Fsp3) is 0. The molecule has 0 atom stereocenters. The molecule has 1 aromatic carbocycles. The van der Waals surface area contributed by atoms with Crippen molar-refractivity contribution in [1.29, 1.82) is 0 Å². The van der Waals surface area contributed by atoms with E-state index in [4.69, 9.17) is 4.89 Å². The first-order valence-electron chi connectivity index (χ1n) is 3.32. The molecule has 1 heterocycles. The Balaban J connectivity index is 2.32. The van der Waals surface area contributed by atoms with Crippen molar-refractivity contribution in [3.05, 3.63) is 24.3 Å². The number of para-hydroxylation sites is 2. The molecule has 70 valence electrons. The molecule has 0 unspecified atom stereocenters. The van der Waals surface area contributed by atoms with E-state index < -0.39 is 7.82 Å². The van der Waals surface area contributed by atoms with Gasteiger partial charge >= 0.3 is 7.82 Å². The van der Waals surface area contributed by atoms with Gasteiger partial charge in [0.15, 0.2) is 0 Å². The van der Waals surface area contributed by atoms with Gasteiger partial charge in [0, 0.05) is 0 Å². The summed E-state index contributed by atoms with van der Waals surface area (Å²) >= 11 is 0. The highest BCUT2D eigenvalue weighted by atomic mass is 31.2. The highest BCUT2D eigenvalue weighted by Crippen LogP contribution is 2.48. The van der Waals surface area contributed by atoms with E-state index in [1.165, 1.54) is 12.1 Å². The fourth-order valence-electron chi connectivity index (χ4n) is 0.775.